The van der Waals surface area contributed by atoms with Gasteiger partial charge in [-0.25, -0.2) is 0 Å². The standard InChI is InChI=1S/C17H19N3O3/c1-11(21)19-14-5-3-4-12(6-14)10-23-17(22)16-7-15(16)13-8-18-20(2)9-13/h3-6,8-9,15-16H,7,10H2,1-2H3,(H,19,21)/t15-,16+/m1/s1. The van der Waals surface area contributed by atoms with Crippen LogP contribution >= 0.6 is 0 Å². The summed E-state index contributed by atoms with van der Waals surface area (Å²) in [6.45, 7) is 1.67. The molecule has 0 bridgehead atoms. The van der Waals surface area contributed by atoms with Gasteiger partial charge in [-0.1, -0.05) is 12.1 Å². The molecule has 1 aromatic carbocycles. The first-order valence-corrected chi connectivity index (χ1v) is 7.54. The molecule has 0 unspecified atom stereocenters. The maximum atomic E-state index is 12.1. The number of aromatic nitrogens is 2. The number of hydrogen-bond donors (Lipinski definition) is 1. The van der Waals surface area contributed by atoms with E-state index in [1.54, 1.807) is 23.0 Å². The van der Waals surface area contributed by atoms with Gasteiger partial charge in [0.2, 0.25) is 5.91 Å². The van der Waals surface area contributed by atoms with E-state index in [-0.39, 0.29) is 30.3 Å². The number of nitrogens with one attached hydrogen (secondary N) is 1. The molecule has 1 N–H and O–H groups in total. The Bertz CT molecular complexity index is 738. The van der Waals surface area contributed by atoms with Gasteiger partial charge in [-0.05, 0) is 29.7 Å². The van der Waals surface area contributed by atoms with Gasteiger partial charge < -0.3 is 10.1 Å². The lowest BCUT2D eigenvalue weighted by Crippen LogP contribution is -2.09. The summed E-state index contributed by atoms with van der Waals surface area (Å²) >= 11 is 0. The fourth-order valence-corrected chi connectivity index (χ4v) is 2.66. The molecule has 2 atom stereocenters. The number of carbonyl (C=O) groups excluding carboxylic acids is 2. The van der Waals surface area contributed by atoms with Crippen molar-refractivity contribution in [2.75, 3.05) is 5.32 Å². The van der Waals surface area contributed by atoms with Crippen molar-refractivity contribution in [1.82, 2.24) is 9.78 Å². The normalized spacial score (nSPS) is 19.2. The third kappa shape index (κ3) is 3.77. The highest BCUT2D eigenvalue weighted by Crippen LogP contribution is 2.48. The van der Waals surface area contributed by atoms with Crippen molar-refractivity contribution in [1.29, 1.82) is 0 Å². The van der Waals surface area contributed by atoms with Gasteiger partial charge in [0.1, 0.15) is 6.61 Å². The molecule has 0 saturated heterocycles. The van der Waals surface area contributed by atoms with Crippen LogP contribution in [0.25, 0.3) is 0 Å². The summed E-state index contributed by atoms with van der Waals surface area (Å²) in [6.07, 6.45) is 4.56. The second-order valence-corrected chi connectivity index (χ2v) is 5.89. The van der Waals surface area contributed by atoms with Crippen LogP contribution in [-0.2, 0) is 28.0 Å². The van der Waals surface area contributed by atoms with Crippen LogP contribution in [0.3, 0.4) is 0 Å². The number of carbonyl (C=O) groups is 2. The Hall–Kier alpha value is -2.63. The van der Waals surface area contributed by atoms with Crippen LogP contribution in [0.1, 0.15) is 30.4 Å². The molecule has 1 heterocycles. The molecule has 1 aliphatic carbocycles. The number of amides is 1. The summed E-state index contributed by atoms with van der Waals surface area (Å²) in [5, 5.41) is 6.84. The predicted molar refractivity (Wildman–Crippen MR) is 84.6 cm³/mol. The van der Waals surface area contributed by atoms with E-state index in [2.05, 4.69) is 10.4 Å². The van der Waals surface area contributed by atoms with Crippen LogP contribution in [0, 0.1) is 5.92 Å². The number of aryl methyl sites for hydroxylation is 1. The monoisotopic (exact) mass is 313 g/mol. The Morgan fingerprint density at radius 3 is 2.96 bits per heavy atom. The molecule has 2 aromatic rings. The smallest absolute Gasteiger partial charge is 0.309 e. The Morgan fingerprint density at radius 2 is 2.26 bits per heavy atom. The average molecular weight is 313 g/mol. The third-order valence-electron chi connectivity index (χ3n) is 3.87. The van der Waals surface area contributed by atoms with E-state index >= 15 is 0 Å². The molecule has 1 amide bonds. The lowest BCUT2D eigenvalue weighted by molar-refractivity contribution is -0.146. The van der Waals surface area contributed by atoms with Gasteiger partial charge in [0, 0.05) is 31.8 Å². The number of rotatable bonds is 5. The SMILES string of the molecule is CC(=O)Nc1cccc(COC(=O)[C@H]2C[C@@H]2c2cnn(C)c2)c1. The van der Waals surface area contributed by atoms with Gasteiger partial charge in [-0.15, -0.1) is 0 Å². The zero-order valence-electron chi connectivity index (χ0n) is 13.2. The Kier molecular flexibility index (Phi) is 4.14. The molecule has 0 aliphatic heterocycles. The van der Waals surface area contributed by atoms with E-state index in [0.29, 0.717) is 5.69 Å². The molecule has 3 rings (SSSR count). The molecule has 6 heteroatoms. The van der Waals surface area contributed by atoms with Crippen molar-refractivity contribution >= 4 is 17.6 Å². The van der Waals surface area contributed by atoms with Gasteiger partial charge in [0.25, 0.3) is 0 Å². The van der Waals surface area contributed by atoms with Crippen LogP contribution in [0.5, 0.6) is 0 Å². The number of hydrogen-bond acceptors (Lipinski definition) is 4. The highest BCUT2D eigenvalue weighted by atomic mass is 16.5. The zero-order chi connectivity index (χ0) is 16.4. The Morgan fingerprint density at radius 1 is 1.43 bits per heavy atom. The van der Waals surface area contributed by atoms with E-state index in [1.165, 1.54) is 6.92 Å². The van der Waals surface area contributed by atoms with E-state index in [0.717, 1.165) is 17.5 Å². The predicted octanol–water partition coefficient (Wildman–Crippen LogP) is 2.23. The molecule has 23 heavy (non-hydrogen) atoms. The largest absolute Gasteiger partial charge is 0.461 e. The first-order valence-electron chi connectivity index (χ1n) is 7.54. The number of anilines is 1. The minimum absolute atomic E-state index is 0.0715. The molecular formula is C17H19N3O3. The molecule has 1 saturated carbocycles. The minimum atomic E-state index is -0.177. The fourth-order valence-electron chi connectivity index (χ4n) is 2.66. The summed E-state index contributed by atoms with van der Waals surface area (Å²) < 4.78 is 7.13. The van der Waals surface area contributed by atoms with E-state index < -0.39 is 0 Å². The van der Waals surface area contributed by atoms with Crippen molar-refractivity contribution in [3.8, 4) is 0 Å². The number of benzene rings is 1. The Labute approximate surface area is 134 Å². The zero-order valence-corrected chi connectivity index (χ0v) is 13.2. The van der Waals surface area contributed by atoms with Gasteiger partial charge in [0.15, 0.2) is 0 Å². The minimum Gasteiger partial charge on any atom is -0.461 e. The van der Waals surface area contributed by atoms with Gasteiger partial charge >= 0.3 is 5.97 Å². The van der Waals surface area contributed by atoms with E-state index in [1.807, 2.05) is 25.4 Å². The van der Waals surface area contributed by atoms with Crippen LogP contribution in [0.2, 0.25) is 0 Å². The van der Waals surface area contributed by atoms with Gasteiger partial charge in [-0.3, -0.25) is 14.3 Å². The quantitative estimate of drug-likeness (QED) is 0.859. The maximum Gasteiger partial charge on any atom is 0.309 e. The molecule has 1 aromatic heterocycles. The molecule has 1 fully saturated rings. The van der Waals surface area contributed by atoms with Crippen LogP contribution in [0.15, 0.2) is 36.7 Å². The number of ether oxygens (including phenoxy) is 1. The van der Waals surface area contributed by atoms with Crippen molar-refractivity contribution < 1.29 is 14.3 Å². The van der Waals surface area contributed by atoms with Crippen molar-refractivity contribution in [2.45, 2.75) is 25.9 Å². The van der Waals surface area contributed by atoms with Crippen molar-refractivity contribution in [3.05, 3.63) is 47.8 Å². The summed E-state index contributed by atoms with van der Waals surface area (Å²) in [4.78, 5) is 23.2. The van der Waals surface area contributed by atoms with E-state index in [4.69, 9.17) is 4.74 Å². The molecule has 0 spiro atoms. The summed E-state index contributed by atoms with van der Waals surface area (Å²) in [5.41, 5.74) is 2.64. The first-order chi connectivity index (χ1) is 11.0. The average Bonchev–Trinajstić information content (AvgIpc) is 3.19. The van der Waals surface area contributed by atoms with Crippen LogP contribution in [0.4, 0.5) is 5.69 Å². The van der Waals surface area contributed by atoms with Crippen LogP contribution in [-0.4, -0.2) is 21.7 Å². The van der Waals surface area contributed by atoms with Gasteiger partial charge in [-0.2, -0.15) is 5.10 Å². The summed E-state index contributed by atoms with van der Waals surface area (Å²) in [7, 11) is 1.86. The molecule has 6 nitrogen and oxygen atoms in total. The highest BCUT2D eigenvalue weighted by molar-refractivity contribution is 5.88. The van der Waals surface area contributed by atoms with E-state index in [9.17, 15) is 9.59 Å². The van der Waals surface area contributed by atoms with Crippen molar-refractivity contribution in [3.63, 3.8) is 0 Å². The molecule has 1 aliphatic rings. The second-order valence-electron chi connectivity index (χ2n) is 5.89. The fraction of sp³-hybridized carbons (Fsp3) is 0.353. The number of esters is 1. The topological polar surface area (TPSA) is 73.2 Å². The molecular weight excluding hydrogens is 294 g/mol. The highest BCUT2D eigenvalue weighted by Gasteiger charge is 2.45. The van der Waals surface area contributed by atoms with Crippen LogP contribution < -0.4 is 5.32 Å². The summed E-state index contributed by atoms with van der Waals surface area (Å²) in [5.74, 6) is -0.153. The molecule has 120 valence electrons. The maximum absolute atomic E-state index is 12.1. The lowest BCUT2D eigenvalue weighted by Gasteiger charge is -2.07. The second kappa shape index (κ2) is 6.24. The Balaban J connectivity index is 1.53. The first kappa shape index (κ1) is 15.3. The summed E-state index contributed by atoms with van der Waals surface area (Å²) in [6, 6.07) is 7.29. The van der Waals surface area contributed by atoms with Crippen molar-refractivity contribution in [2.24, 2.45) is 13.0 Å². The number of nitrogens with zero attached hydrogens (tertiary/aromatic N) is 2. The third-order valence-corrected chi connectivity index (χ3v) is 3.87. The lowest BCUT2D eigenvalue weighted by atomic mass is 10.2. The van der Waals surface area contributed by atoms with Gasteiger partial charge in [0.05, 0.1) is 12.1 Å². The molecule has 0 radical (unpaired) electrons.